The number of anilines is 1. The minimum absolute atomic E-state index is 0.0870. The first-order valence-corrected chi connectivity index (χ1v) is 10.1. The number of fused-ring (bicyclic) bond motifs is 1. The summed E-state index contributed by atoms with van der Waals surface area (Å²) >= 11 is 13.0. The number of nitrogens with zero attached hydrogens (tertiary/aromatic N) is 1. The normalized spacial score (nSPS) is 10.7. The van der Waals surface area contributed by atoms with Crippen LogP contribution in [-0.4, -0.2) is 16.0 Å². The van der Waals surface area contributed by atoms with E-state index in [0.717, 1.165) is 26.9 Å². The van der Waals surface area contributed by atoms with Crippen LogP contribution in [0.3, 0.4) is 0 Å². The van der Waals surface area contributed by atoms with Crippen LogP contribution in [-0.2, 0) is 0 Å². The van der Waals surface area contributed by atoms with E-state index < -0.39 is 11.7 Å². The Labute approximate surface area is 180 Å². The molecule has 4 rings (SSSR count). The number of thiocarbonyl (C=S) groups is 1. The second-order valence-corrected chi connectivity index (χ2v) is 7.97. The van der Waals surface area contributed by atoms with Gasteiger partial charge in [0.1, 0.15) is 10.8 Å². The van der Waals surface area contributed by atoms with Gasteiger partial charge >= 0.3 is 0 Å². The van der Waals surface area contributed by atoms with Crippen molar-refractivity contribution >= 4 is 62.1 Å². The zero-order chi connectivity index (χ0) is 20.4. The van der Waals surface area contributed by atoms with Crippen LogP contribution >= 0.6 is 35.2 Å². The van der Waals surface area contributed by atoms with Crippen molar-refractivity contribution in [1.82, 2.24) is 10.3 Å². The Bertz CT molecular complexity index is 1210. The molecular formula is C21H13ClFN3OS2. The van der Waals surface area contributed by atoms with E-state index in [9.17, 15) is 9.18 Å². The molecule has 4 aromatic rings. The lowest BCUT2D eigenvalue weighted by Crippen LogP contribution is -2.34. The number of thiazole rings is 1. The molecule has 0 aliphatic carbocycles. The van der Waals surface area contributed by atoms with Crippen molar-refractivity contribution < 1.29 is 9.18 Å². The van der Waals surface area contributed by atoms with Crippen molar-refractivity contribution in [2.75, 3.05) is 5.32 Å². The molecule has 1 heterocycles. The van der Waals surface area contributed by atoms with Crippen LogP contribution in [0.5, 0.6) is 0 Å². The van der Waals surface area contributed by atoms with Crippen molar-refractivity contribution in [2.45, 2.75) is 0 Å². The lowest BCUT2D eigenvalue weighted by Gasteiger charge is -2.13. The fourth-order valence-corrected chi connectivity index (χ4v) is 4.12. The SMILES string of the molecule is O=C(NC(=S)Nc1ccc(Cl)cc1-c1nc2ccccc2s1)c1cccc(F)c1. The average Bonchev–Trinajstić information content (AvgIpc) is 3.13. The zero-order valence-corrected chi connectivity index (χ0v) is 17.2. The number of amides is 1. The minimum atomic E-state index is -0.502. The van der Waals surface area contributed by atoms with Gasteiger partial charge in [-0.2, -0.15) is 0 Å². The predicted molar refractivity (Wildman–Crippen MR) is 120 cm³/mol. The lowest BCUT2D eigenvalue weighted by atomic mass is 10.2. The summed E-state index contributed by atoms with van der Waals surface area (Å²) in [6.45, 7) is 0. The zero-order valence-electron chi connectivity index (χ0n) is 14.8. The first kappa shape index (κ1) is 19.4. The maximum Gasteiger partial charge on any atom is 0.257 e. The van der Waals surface area contributed by atoms with Crippen molar-refractivity contribution in [3.63, 3.8) is 0 Å². The Kier molecular flexibility index (Phi) is 5.53. The van der Waals surface area contributed by atoms with Gasteiger partial charge in [-0.15, -0.1) is 11.3 Å². The fourth-order valence-electron chi connectivity index (χ4n) is 2.75. The minimum Gasteiger partial charge on any atom is -0.332 e. The molecule has 0 unspecified atom stereocenters. The van der Waals surface area contributed by atoms with Crippen LogP contribution in [0.25, 0.3) is 20.8 Å². The van der Waals surface area contributed by atoms with E-state index in [1.807, 2.05) is 24.3 Å². The van der Waals surface area contributed by atoms with Gasteiger partial charge in [-0.3, -0.25) is 10.1 Å². The average molecular weight is 442 g/mol. The van der Waals surface area contributed by atoms with Gasteiger partial charge in [-0.1, -0.05) is 29.8 Å². The highest BCUT2D eigenvalue weighted by molar-refractivity contribution is 7.80. The van der Waals surface area contributed by atoms with Gasteiger partial charge in [-0.25, -0.2) is 9.37 Å². The standard InChI is InChI=1S/C21H13ClFN3OS2/c22-13-8-9-16(15(11-13)20-24-17-6-1-2-7-18(17)29-20)25-21(28)26-19(27)12-4-3-5-14(23)10-12/h1-11H,(H2,25,26,27,28). The molecule has 1 amide bonds. The number of hydrogen-bond acceptors (Lipinski definition) is 4. The van der Waals surface area contributed by atoms with E-state index in [2.05, 4.69) is 15.6 Å². The molecule has 144 valence electrons. The van der Waals surface area contributed by atoms with Crippen molar-refractivity contribution in [1.29, 1.82) is 0 Å². The van der Waals surface area contributed by atoms with Crippen molar-refractivity contribution in [3.05, 3.63) is 83.1 Å². The largest absolute Gasteiger partial charge is 0.332 e. The van der Waals surface area contributed by atoms with Crippen LogP contribution in [0.4, 0.5) is 10.1 Å². The topological polar surface area (TPSA) is 54.0 Å². The highest BCUT2D eigenvalue weighted by Gasteiger charge is 2.14. The first-order valence-electron chi connectivity index (χ1n) is 8.53. The summed E-state index contributed by atoms with van der Waals surface area (Å²) in [7, 11) is 0. The van der Waals surface area contributed by atoms with Gasteiger partial charge in [0.2, 0.25) is 0 Å². The van der Waals surface area contributed by atoms with Crippen LogP contribution in [0.1, 0.15) is 10.4 Å². The molecule has 0 spiro atoms. The molecule has 0 saturated heterocycles. The number of rotatable bonds is 3. The number of aromatic nitrogens is 1. The van der Waals surface area contributed by atoms with E-state index >= 15 is 0 Å². The molecule has 29 heavy (non-hydrogen) atoms. The van der Waals surface area contributed by atoms with Gasteiger partial charge in [0, 0.05) is 16.1 Å². The van der Waals surface area contributed by atoms with Gasteiger partial charge in [0.25, 0.3) is 5.91 Å². The Morgan fingerprint density at radius 3 is 2.69 bits per heavy atom. The van der Waals surface area contributed by atoms with Crippen LogP contribution < -0.4 is 10.6 Å². The van der Waals surface area contributed by atoms with Gasteiger partial charge in [0.15, 0.2) is 5.11 Å². The summed E-state index contributed by atoms with van der Waals surface area (Å²) in [6, 6.07) is 18.5. The predicted octanol–water partition coefficient (Wildman–Crippen LogP) is 5.88. The van der Waals surface area contributed by atoms with Crippen LogP contribution in [0, 0.1) is 5.82 Å². The highest BCUT2D eigenvalue weighted by Crippen LogP contribution is 2.36. The molecule has 1 aromatic heterocycles. The molecular weight excluding hydrogens is 429 g/mol. The molecule has 8 heteroatoms. The maximum atomic E-state index is 13.3. The monoisotopic (exact) mass is 441 g/mol. The molecule has 0 atom stereocenters. The smallest absolute Gasteiger partial charge is 0.257 e. The maximum absolute atomic E-state index is 13.3. The quantitative estimate of drug-likeness (QED) is 0.390. The number of carbonyl (C=O) groups is 1. The van der Waals surface area contributed by atoms with Crippen LogP contribution in [0.15, 0.2) is 66.7 Å². The number of halogens is 2. The number of hydrogen-bond donors (Lipinski definition) is 2. The van der Waals surface area contributed by atoms with E-state index in [1.54, 1.807) is 18.2 Å². The number of nitrogens with one attached hydrogen (secondary N) is 2. The van der Waals surface area contributed by atoms with E-state index in [-0.39, 0.29) is 10.7 Å². The third-order valence-electron chi connectivity index (χ3n) is 4.07. The molecule has 4 nitrogen and oxygen atoms in total. The third-order valence-corrected chi connectivity index (χ3v) is 5.58. The van der Waals surface area contributed by atoms with Gasteiger partial charge in [-0.05, 0) is 60.7 Å². The Morgan fingerprint density at radius 1 is 1.07 bits per heavy atom. The molecule has 0 aliphatic rings. The van der Waals surface area contributed by atoms with E-state index in [1.165, 1.54) is 29.5 Å². The second kappa shape index (κ2) is 8.24. The summed E-state index contributed by atoms with van der Waals surface area (Å²) < 4.78 is 14.4. The number of carbonyl (C=O) groups excluding carboxylic acids is 1. The molecule has 0 fully saturated rings. The molecule has 0 bridgehead atoms. The number of benzene rings is 3. The summed E-state index contributed by atoms with van der Waals surface area (Å²) in [5, 5.41) is 6.98. The third kappa shape index (κ3) is 4.42. The molecule has 0 radical (unpaired) electrons. The summed E-state index contributed by atoms with van der Waals surface area (Å²) in [5.74, 6) is -0.996. The van der Waals surface area contributed by atoms with Gasteiger partial charge in [0.05, 0.1) is 15.9 Å². The Hall–Kier alpha value is -2.87. The van der Waals surface area contributed by atoms with Crippen molar-refractivity contribution in [2.24, 2.45) is 0 Å². The van der Waals surface area contributed by atoms with Crippen LogP contribution in [0.2, 0.25) is 5.02 Å². The summed E-state index contributed by atoms with van der Waals surface area (Å²) in [6.07, 6.45) is 0. The van der Waals surface area contributed by atoms with E-state index in [4.69, 9.17) is 23.8 Å². The Morgan fingerprint density at radius 2 is 1.90 bits per heavy atom. The van der Waals surface area contributed by atoms with E-state index in [0.29, 0.717) is 10.7 Å². The van der Waals surface area contributed by atoms with Crippen molar-refractivity contribution in [3.8, 4) is 10.6 Å². The highest BCUT2D eigenvalue weighted by atomic mass is 35.5. The fraction of sp³-hybridized carbons (Fsp3) is 0. The molecule has 0 saturated carbocycles. The lowest BCUT2D eigenvalue weighted by molar-refractivity contribution is 0.0977. The summed E-state index contributed by atoms with van der Waals surface area (Å²) in [5.41, 5.74) is 2.48. The molecule has 2 N–H and O–H groups in total. The molecule has 3 aromatic carbocycles. The number of para-hydroxylation sites is 1. The summed E-state index contributed by atoms with van der Waals surface area (Å²) in [4.78, 5) is 16.9. The first-order chi connectivity index (χ1) is 14.0. The molecule has 0 aliphatic heterocycles. The Balaban J connectivity index is 1.59. The van der Waals surface area contributed by atoms with Gasteiger partial charge < -0.3 is 5.32 Å². The second-order valence-electron chi connectivity index (χ2n) is 6.10.